The van der Waals surface area contributed by atoms with E-state index >= 15 is 0 Å². The topological polar surface area (TPSA) is 101 Å². The van der Waals surface area contributed by atoms with E-state index in [4.69, 9.17) is 10.2 Å². The highest BCUT2D eigenvalue weighted by molar-refractivity contribution is 5.97. The fourth-order valence-electron chi connectivity index (χ4n) is 1.38. The monoisotopic (exact) mass is 264 g/mol. The second-order valence-corrected chi connectivity index (χ2v) is 3.50. The zero-order valence-electron chi connectivity index (χ0n) is 10.1. The van der Waals surface area contributed by atoms with Gasteiger partial charge in [-0.05, 0) is 36.8 Å². The Morgan fingerprint density at radius 1 is 1.21 bits per heavy atom. The molecule has 6 heteroatoms. The summed E-state index contributed by atoms with van der Waals surface area (Å²) < 4.78 is 4.65. The van der Waals surface area contributed by atoms with E-state index in [2.05, 4.69) is 4.74 Å². The van der Waals surface area contributed by atoms with Gasteiger partial charge in [-0.15, -0.1) is 0 Å². The number of aromatic carboxylic acids is 2. The number of carbonyl (C=O) groups is 3. The third kappa shape index (κ3) is 3.95. The second-order valence-electron chi connectivity index (χ2n) is 3.50. The Balaban J connectivity index is 3.14. The maximum atomic E-state index is 11.1. The summed E-state index contributed by atoms with van der Waals surface area (Å²) in [5.41, 5.74) is -0.0282. The smallest absolute Gasteiger partial charge is 0.336 e. The zero-order valence-corrected chi connectivity index (χ0v) is 10.1. The van der Waals surface area contributed by atoms with Gasteiger partial charge in [0.25, 0.3) is 0 Å². The highest BCUT2D eigenvalue weighted by Gasteiger charge is 2.12. The lowest BCUT2D eigenvalue weighted by molar-refractivity contribution is -0.137. The normalized spacial score (nSPS) is 10.4. The van der Waals surface area contributed by atoms with Gasteiger partial charge in [0.1, 0.15) is 0 Å². The molecule has 1 aromatic carbocycles. The van der Waals surface area contributed by atoms with Crippen LogP contribution in [-0.2, 0) is 9.53 Å². The lowest BCUT2D eigenvalue weighted by Gasteiger charge is -2.03. The third-order valence-corrected chi connectivity index (χ3v) is 2.21. The molecule has 0 bridgehead atoms. The molecule has 1 aromatic rings. The van der Waals surface area contributed by atoms with E-state index in [9.17, 15) is 14.4 Å². The van der Waals surface area contributed by atoms with Crippen LogP contribution in [0.3, 0.4) is 0 Å². The first-order chi connectivity index (χ1) is 8.95. The van der Waals surface area contributed by atoms with Gasteiger partial charge < -0.3 is 14.9 Å². The van der Waals surface area contributed by atoms with Crippen molar-refractivity contribution in [2.75, 3.05) is 6.61 Å². The summed E-state index contributed by atoms with van der Waals surface area (Å²) in [5, 5.41) is 17.8. The van der Waals surface area contributed by atoms with Crippen LogP contribution in [0.5, 0.6) is 0 Å². The van der Waals surface area contributed by atoms with E-state index in [1.165, 1.54) is 24.3 Å². The Kier molecular flexibility index (Phi) is 4.82. The van der Waals surface area contributed by atoms with Gasteiger partial charge in [-0.2, -0.15) is 0 Å². The summed E-state index contributed by atoms with van der Waals surface area (Å²) in [6.07, 6.45) is 2.27. The Morgan fingerprint density at radius 3 is 2.42 bits per heavy atom. The Morgan fingerprint density at radius 2 is 1.89 bits per heavy atom. The molecule has 0 heterocycles. The fourth-order valence-corrected chi connectivity index (χ4v) is 1.38. The summed E-state index contributed by atoms with van der Waals surface area (Å²) >= 11 is 0. The van der Waals surface area contributed by atoms with Gasteiger partial charge in [-0.3, -0.25) is 0 Å². The molecule has 0 aliphatic rings. The highest BCUT2D eigenvalue weighted by atomic mass is 16.5. The highest BCUT2D eigenvalue weighted by Crippen LogP contribution is 2.14. The van der Waals surface area contributed by atoms with E-state index in [0.717, 1.165) is 6.08 Å². The van der Waals surface area contributed by atoms with Crippen LogP contribution >= 0.6 is 0 Å². The molecule has 0 unspecified atom stereocenters. The molecule has 0 atom stereocenters. The number of carbonyl (C=O) groups excluding carboxylic acids is 1. The van der Waals surface area contributed by atoms with Crippen molar-refractivity contribution in [1.29, 1.82) is 0 Å². The standard InChI is InChI=1S/C13H12O6/c1-2-19-11(14)6-4-8-7-9(12(15)16)3-5-10(8)13(17)18/h3-7H,2H2,1H3,(H,15,16)(H,17,18). The Labute approximate surface area is 108 Å². The van der Waals surface area contributed by atoms with Gasteiger partial charge in [0.2, 0.25) is 0 Å². The molecule has 2 N–H and O–H groups in total. The molecule has 0 aromatic heterocycles. The average molecular weight is 264 g/mol. The van der Waals surface area contributed by atoms with Crippen LogP contribution in [0.1, 0.15) is 33.2 Å². The molecular weight excluding hydrogens is 252 g/mol. The molecule has 0 amide bonds. The first-order valence-corrected chi connectivity index (χ1v) is 5.41. The Hall–Kier alpha value is -2.63. The predicted octanol–water partition coefficient (Wildman–Crippen LogP) is 1.66. The van der Waals surface area contributed by atoms with Crippen LogP contribution in [-0.4, -0.2) is 34.7 Å². The van der Waals surface area contributed by atoms with Crippen molar-refractivity contribution in [2.45, 2.75) is 6.92 Å². The summed E-state index contributed by atoms with van der Waals surface area (Å²) in [6.45, 7) is 1.84. The van der Waals surface area contributed by atoms with Gasteiger partial charge in [0, 0.05) is 6.08 Å². The molecule has 19 heavy (non-hydrogen) atoms. The first kappa shape index (κ1) is 14.4. The fraction of sp³-hybridized carbons (Fsp3) is 0.154. The average Bonchev–Trinajstić information content (AvgIpc) is 2.36. The number of rotatable bonds is 5. The summed E-state index contributed by atoms with van der Waals surface area (Å²) in [7, 11) is 0. The van der Waals surface area contributed by atoms with Crippen molar-refractivity contribution in [3.8, 4) is 0 Å². The number of carboxylic acid groups (broad SMARTS) is 2. The van der Waals surface area contributed by atoms with Gasteiger partial charge in [0.15, 0.2) is 0 Å². The summed E-state index contributed by atoms with van der Waals surface area (Å²) in [4.78, 5) is 32.9. The molecular formula is C13H12O6. The predicted molar refractivity (Wildman–Crippen MR) is 66.0 cm³/mol. The van der Waals surface area contributed by atoms with E-state index < -0.39 is 17.9 Å². The lowest BCUT2D eigenvalue weighted by atomic mass is 10.0. The number of esters is 1. The minimum atomic E-state index is -1.21. The third-order valence-electron chi connectivity index (χ3n) is 2.21. The van der Waals surface area contributed by atoms with E-state index in [1.54, 1.807) is 6.92 Å². The van der Waals surface area contributed by atoms with Crippen LogP contribution in [0.15, 0.2) is 24.3 Å². The Bertz CT molecular complexity index is 544. The molecule has 0 fully saturated rings. The van der Waals surface area contributed by atoms with E-state index in [-0.39, 0.29) is 23.3 Å². The molecule has 1 rings (SSSR count). The zero-order chi connectivity index (χ0) is 14.4. The number of benzene rings is 1. The van der Waals surface area contributed by atoms with Gasteiger partial charge in [-0.25, -0.2) is 14.4 Å². The van der Waals surface area contributed by atoms with Crippen molar-refractivity contribution < 1.29 is 29.3 Å². The number of hydrogen-bond acceptors (Lipinski definition) is 4. The molecule has 100 valence electrons. The molecule has 0 saturated carbocycles. The minimum absolute atomic E-state index is 0.0616. The molecule has 0 radical (unpaired) electrons. The van der Waals surface area contributed by atoms with Crippen LogP contribution < -0.4 is 0 Å². The van der Waals surface area contributed by atoms with Crippen molar-refractivity contribution in [1.82, 2.24) is 0 Å². The van der Waals surface area contributed by atoms with Crippen molar-refractivity contribution in [3.05, 3.63) is 41.0 Å². The van der Waals surface area contributed by atoms with E-state index in [0.29, 0.717) is 0 Å². The molecule has 0 saturated heterocycles. The first-order valence-electron chi connectivity index (χ1n) is 5.41. The molecule has 0 aliphatic heterocycles. The minimum Gasteiger partial charge on any atom is -0.478 e. The van der Waals surface area contributed by atoms with Crippen LogP contribution in [0.2, 0.25) is 0 Å². The lowest BCUT2D eigenvalue weighted by Crippen LogP contribution is -2.04. The quantitative estimate of drug-likeness (QED) is 0.619. The second kappa shape index (κ2) is 6.34. The van der Waals surface area contributed by atoms with Gasteiger partial charge in [0.05, 0.1) is 17.7 Å². The summed E-state index contributed by atoms with van der Waals surface area (Å²) in [6, 6.07) is 3.55. The van der Waals surface area contributed by atoms with Crippen molar-refractivity contribution in [3.63, 3.8) is 0 Å². The molecule has 0 aliphatic carbocycles. The molecule has 6 nitrogen and oxygen atoms in total. The number of ether oxygens (including phenoxy) is 1. The van der Waals surface area contributed by atoms with Crippen LogP contribution in [0.4, 0.5) is 0 Å². The number of carboxylic acids is 2. The van der Waals surface area contributed by atoms with E-state index in [1.807, 2.05) is 0 Å². The largest absolute Gasteiger partial charge is 0.478 e. The van der Waals surface area contributed by atoms with Crippen molar-refractivity contribution in [2.24, 2.45) is 0 Å². The van der Waals surface area contributed by atoms with Crippen molar-refractivity contribution >= 4 is 24.0 Å². The molecule has 0 spiro atoms. The van der Waals surface area contributed by atoms with Crippen LogP contribution in [0, 0.1) is 0 Å². The maximum Gasteiger partial charge on any atom is 0.336 e. The van der Waals surface area contributed by atoms with Gasteiger partial charge in [-0.1, -0.05) is 0 Å². The van der Waals surface area contributed by atoms with Gasteiger partial charge >= 0.3 is 17.9 Å². The summed E-state index contributed by atoms with van der Waals surface area (Å²) in [5.74, 6) is -3.01. The SMILES string of the molecule is CCOC(=O)C=Cc1cc(C(=O)O)ccc1C(=O)O. The van der Waals surface area contributed by atoms with Crippen LogP contribution in [0.25, 0.3) is 6.08 Å². The maximum absolute atomic E-state index is 11.1. The number of hydrogen-bond donors (Lipinski definition) is 2.